The van der Waals surface area contributed by atoms with Gasteiger partial charge in [-0.1, -0.05) is 6.08 Å². The first-order valence-corrected chi connectivity index (χ1v) is 4.24. The second kappa shape index (κ2) is 12.5. The van der Waals surface area contributed by atoms with E-state index in [1.807, 2.05) is 0 Å². The van der Waals surface area contributed by atoms with E-state index in [-0.39, 0.29) is 46.0 Å². The van der Waals surface area contributed by atoms with E-state index >= 15 is 0 Å². The highest BCUT2D eigenvalue weighted by molar-refractivity contribution is 8.93. The first kappa shape index (κ1) is 20.8. The third-order valence-electron chi connectivity index (χ3n) is 1.48. The van der Waals surface area contributed by atoms with E-state index in [1.54, 1.807) is 0 Å². The number of carboxylic acids is 1. The molecule has 0 aliphatic rings. The largest absolute Gasteiger partial charge is 0.478 e. The van der Waals surface area contributed by atoms with E-state index in [0.717, 1.165) is 12.5 Å². The van der Waals surface area contributed by atoms with E-state index in [4.69, 9.17) is 22.3 Å². The first-order valence-electron chi connectivity index (χ1n) is 4.24. The van der Waals surface area contributed by atoms with Crippen molar-refractivity contribution in [2.45, 2.75) is 18.9 Å². The van der Waals surface area contributed by atoms with Gasteiger partial charge in [-0.05, 0) is 12.8 Å². The van der Waals surface area contributed by atoms with Gasteiger partial charge in [-0.15, -0.1) is 34.0 Å². The van der Waals surface area contributed by atoms with Gasteiger partial charge in [0.05, 0.1) is 0 Å². The molecule has 0 aromatic carbocycles. The van der Waals surface area contributed by atoms with Crippen LogP contribution in [-0.4, -0.2) is 29.6 Å². The smallest absolute Gasteiger partial charge is 0.328 e. The van der Waals surface area contributed by atoms with Crippen LogP contribution in [0.25, 0.3) is 0 Å². The van der Waals surface area contributed by atoms with Gasteiger partial charge in [-0.3, -0.25) is 4.99 Å². The summed E-state index contributed by atoms with van der Waals surface area (Å²) < 4.78 is 0. The van der Waals surface area contributed by atoms with Crippen LogP contribution in [0.4, 0.5) is 0 Å². The molecule has 0 aromatic heterocycles. The van der Waals surface area contributed by atoms with Gasteiger partial charge in [0, 0.05) is 18.7 Å². The van der Waals surface area contributed by atoms with Crippen molar-refractivity contribution in [1.29, 1.82) is 0 Å². The molecule has 16 heavy (non-hydrogen) atoms. The Balaban J connectivity index is -0.000000845. The molecule has 0 heterocycles. The number of halogens is 2. The van der Waals surface area contributed by atoms with Gasteiger partial charge >= 0.3 is 5.97 Å². The predicted octanol–water partition coefficient (Wildman–Crippen LogP) is 0.164. The quantitative estimate of drug-likeness (QED) is 0.232. The van der Waals surface area contributed by atoms with Gasteiger partial charge < -0.3 is 22.3 Å². The lowest BCUT2D eigenvalue weighted by atomic mass is 10.1. The Labute approximate surface area is 116 Å². The molecule has 0 spiro atoms. The minimum atomic E-state index is -0.996. The second-order valence-electron chi connectivity index (χ2n) is 2.81. The number of hydrogen-bond acceptors (Lipinski definition) is 3. The zero-order chi connectivity index (χ0) is 11.0. The topological polar surface area (TPSA) is 128 Å². The number of aliphatic carboxylic acids is 1. The summed E-state index contributed by atoms with van der Waals surface area (Å²) >= 11 is 0. The van der Waals surface area contributed by atoms with Crippen molar-refractivity contribution in [3.8, 4) is 0 Å². The number of aliphatic imine (C=N–C) groups is 1. The molecule has 0 unspecified atom stereocenters. The Hall–Kier alpha value is -0.600. The zero-order valence-corrected chi connectivity index (χ0v) is 12.1. The lowest BCUT2D eigenvalue weighted by Gasteiger charge is -2.03. The summed E-state index contributed by atoms with van der Waals surface area (Å²) in [5.74, 6) is -0.940. The molecule has 0 amide bonds. The molecule has 0 fully saturated rings. The van der Waals surface area contributed by atoms with Gasteiger partial charge in [0.25, 0.3) is 0 Å². The highest BCUT2D eigenvalue weighted by atomic mass is 79.9. The molecule has 0 saturated carbocycles. The molecule has 0 aromatic rings. The third-order valence-corrected chi connectivity index (χ3v) is 1.48. The summed E-state index contributed by atoms with van der Waals surface area (Å²) in [6, 6.07) is -0.264. The van der Waals surface area contributed by atoms with Crippen molar-refractivity contribution in [2.24, 2.45) is 22.2 Å². The van der Waals surface area contributed by atoms with Crippen molar-refractivity contribution in [1.82, 2.24) is 0 Å². The standard InChI is InChI=1S/C8H16N4O2.2BrH/c9-6(3-4-7(13)14)2-1-5-12-8(10)11;;/h3-4,6H,1-2,5,9H2,(H,13,14)(H4,10,11,12);2*1H/t6-;;/m0../s1. The van der Waals surface area contributed by atoms with Crippen LogP contribution in [-0.2, 0) is 4.79 Å². The van der Waals surface area contributed by atoms with Crippen LogP contribution in [0.15, 0.2) is 17.1 Å². The van der Waals surface area contributed by atoms with Gasteiger partial charge in [-0.2, -0.15) is 0 Å². The summed E-state index contributed by atoms with van der Waals surface area (Å²) in [5.41, 5.74) is 15.8. The maximum absolute atomic E-state index is 10.1. The van der Waals surface area contributed by atoms with E-state index in [9.17, 15) is 4.79 Å². The molecule has 8 heteroatoms. The van der Waals surface area contributed by atoms with Crippen LogP contribution >= 0.6 is 34.0 Å². The van der Waals surface area contributed by atoms with Crippen molar-refractivity contribution in [2.75, 3.05) is 6.54 Å². The maximum Gasteiger partial charge on any atom is 0.328 e. The van der Waals surface area contributed by atoms with E-state index in [2.05, 4.69) is 4.99 Å². The molecule has 0 aliphatic heterocycles. The molecule has 0 bridgehead atoms. The summed E-state index contributed by atoms with van der Waals surface area (Å²) in [6.45, 7) is 0.511. The molecular formula is C8H18Br2N4O2. The Morgan fingerprint density at radius 2 is 1.94 bits per heavy atom. The Morgan fingerprint density at radius 3 is 2.38 bits per heavy atom. The summed E-state index contributed by atoms with van der Waals surface area (Å²) in [4.78, 5) is 13.9. The highest BCUT2D eigenvalue weighted by Crippen LogP contribution is 1.96. The molecule has 0 saturated heterocycles. The van der Waals surface area contributed by atoms with Crippen molar-refractivity contribution in [3.05, 3.63) is 12.2 Å². The fraction of sp³-hybridized carbons (Fsp3) is 0.500. The minimum Gasteiger partial charge on any atom is -0.478 e. The van der Waals surface area contributed by atoms with Crippen LogP contribution in [0.1, 0.15) is 12.8 Å². The first-order chi connectivity index (χ1) is 6.52. The van der Waals surface area contributed by atoms with Crippen LogP contribution < -0.4 is 17.2 Å². The SMILES string of the molecule is Br.Br.NC(N)=NCCC[C@H](N)C=CC(=O)O. The van der Waals surface area contributed by atoms with Crippen molar-refractivity contribution >= 4 is 45.9 Å². The fourth-order valence-electron chi connectivity index (χ4n) is 0.837. The molecule has 6 nitrogen and oxygen atoms in total. The fourth-order valence-corrected chi connectivity index (χ4v) is 0.837. The number of rotatable bonds is 6. The van der Waals surface area contributed by atoms with Gasteiger partial charge in [0.2, 0.25) is 0 Å². The predicted molar refractivity (Wildman–Crippen MR) is 75.3 cm³/mol. The Bertz CT molecular complexity index is 242. The molecule has 7 N–H and O–H groups in total. The number of carbonyl (C=O) groups is 1. The molecule has 0 rings (SSSR count). The zero-order valence-electron chi connectivity index (χ0n) is 8.70. The third kappa shape index (κ3) is 15.9. The lowest BCUT2D eigenvalue weighted by molar-refractivity contribution is -0.131. The van der Waals surface area contributed by atoms with E-state index < -0.39 is 5.97 Å². The number of guanidine groups is 1. The van der Waals surface area contributed by atoms with Crippen molar-refractivity contribution in [3.63, 3.8) is 0 Å². The molecule has 0 radical (unpaired) electrons. The van der Waals surface area contributed by atoms with Gasteiger partial charge in [0.15, 0.2) is 5.96 Å². The average Bonchev–Trinajstić information content (AvgIpc) is 2.08. The van der Waals surface area contributed by atoms with Gasteiger partial charge in [0.1, 0.15) is 0 Å². The summed E-state index contributed by atoms with van der Waals surface area (Å²) in [6.07, 6.45) is 3.85. The van der Waals surface area contributed by atoms with Crippen LogP contribution in [0.3, 0.4) is 0 Å². The van der Waals surface area contributed by atoms with Crippen LogP contribution in [0.2, 0.25) is 0 Å². The van der Waals surface area contributed by atoms with Crippen molar-refractivity contribution < 1.29 is 9.90 Å². The highest BCUT2D eigenvalue weighted by Gasteiger charge is 1.97. The van der Waals surface area contributed by atoms with Crippen LogP contribution in [0, 0.1) is 0 Å². The van der Waals surface area contributed by atoms with E-state index in [1.165, 1.54) is 6.08 Å². The monoisotopic (exact) mass is 360 g/mol. The van der Waals surface area contributed by atoms with Crippen LogP contribution in [0.5, 0.6) is 0 Å². The molecule has 96 valence electrons. The Kier molecular flexibility index (Phi) is 16.2. The van der Waals surface area contributed by atoms with Gasteiger partial charge in [-0.25, -0.2) is 4.79 Å². The normalized spacial score (nSPS) is 11.1. The molecule has 1 atom stereocenters. The Morgan fingerprint density at radius 1 is 1.38 bits per heavy atom. The lowest BCUT2D eigenvalue weighted by Crippen LogP contribution is -2.23. The minimum absolute atomic E-state index is 0. The number of hydrogen-bond donors (Lipinski definition) is 4. The number of nitrogens with zero attached hydrogens (tertiary/aromatic N) is 1. The summed E-state index contributed by atoms with van der Waals surface area (Å²) in [7, 11) is 0. The molecule has 0 aliphatic carbocycles. The maximum atomic E-state index is 10.1. The van der Waals surface area contributed by atoms with E-state index in [0.29, 0.717) is 13.0 Å². The summed E-state index contributed by atoms with van der Waals surface area (Å²) in [5, 5.41) is 8.31. The number of nitrogens with two attached hydrogens (primary N) is 3. The average molecular weight is 362 g/mol. The molecular weight excluding hydrogens is 344 g/mol. The second-order valence-corrected chi connectivity index (χ2v) is 2.81. The number of carboxylic acid groups (broad SMARTS) is 1.